The summed E-state index contributed by atoms with van der Waals surface area (Å²) in [4.78, 5) is 4.42. The van der Waals surface area contributed by atoms with Gasteiger partial charge in [0.15, 0.2) is 5.82 Å². The van der Waals surface area contributed by atoms with Crippen LogP contribution in [0, 0.1) is 6.92 Å². The van der Waals surface area contributed by atoms with E-state index < -0.39 is 0 Å². The molecule has 1 saturated carbocycles. The summed E-state index contributed by atoms with van der Waals surface area (Å²) in [6, 6.07) is 0.442. The van der Waals surface area contributed by atoms with Gasteiger partial charge in [-0.3, -0.25) is 0 Å². The van der Waals surface area contributed by atoms with Gasteiger partial charge in [0.25, 0.3) is 0 Å². The van der Waals surface area contributed by atoms with E-state index in [2.05, 4.69) is 29.3 Å². The highest BCUT2D eigenvalue weighted by molar-refractivity contribution is 5.07. The van der Waals surface area contributed by atoms with Gasteiger partial charge in [-0.05, 0) is 26.7 Å². The van der Waals surface area contributed by atoms with Crippen molar-refractivity contribution in [2.75, 3.05) is 0 Å². The zero-order chi connectivity index (χ0) is 11.6. The van der Waals surface area contributed by atoms with Crippen LogP contribution in [0.2, 0.25) is 0 Å². The molecule has 0 aliphatic heterocycles. The van der Waals surface area contributed by atoms with Crippen molar-refractivity contribution in [2.24, 2.45) is 0 Å². The van der Waals surface area contributed by atoms with Gasteiger partial charge in [0.2, 0.25) is 5.89 Å². The molecule has 0 spiro atoms. The minimum atomic E-state index is -0.0514. The van der Waals surface area contributed by atoms with Crippen molar-refractivity contribution < 1.29 is 4.52 Å². The summed E-state index contributed by atoms with van der Waals surface area (Å²) in [5.74, 6) is 1.50. The highest BCUT2D eigenvalue weighted by Gasteiger charge is 2.38. The lowest BCUT2D eigenvalue weighted by atomic mass is 9.80. The van der Waals surface area contributed by atoms with Crippen molar-refractivity contribution in [3.8, 4) is 0 Å². The van der Waals surface area contributed by atoms with Crippen LogP contribution in [-0.2, 0) is 5.54 Å². The fraction of sp³-hybridized carbons (Fsp3) is 0.833. The van der Waals surface area contributed by atoms with Crippen molar-refractivity contribution >= 4 is 0 Å². The molecule has 90 valence electrons. The van der Waals surface area contributed by atoms with E-state index in [1.165, 1.54) is 19.3 Å². The molecule has 1 aromatic heterocycles. The molecular formula is C12H21N3O. The number of hydrogen-bond donors (Lipinski definition) is 1. The first-order chi connectivity index (χ1) is 7.62. The van der Waals surface area contributed by atoms with E-state index in [0.29, 0.717) is 11.9 Å². The first kappa shape index (κ1) is 11.6. The average molecular weight is 223 g/mol. The third kappa shape index (κ3) is 2.26. The number of nitrogens with zero attached hydrogens (tertiary/aromatic N) is 2. The molecular weight excluding hydrogens is 202 g/mol. The second-order valence-electron chi connectivity index (χ2n) is 5.08. The second kappa shape index (κ2) is 4.53. The third-order valence-electron chi connectivity index (χ3n) is 3.23. The largest absolute Gasteiger partial charge is 0.340 e. The fourth-order valence-electron chi connectivity index (χ4n) is 2.63. The second-order valence-corrected chi connectivity index (χ2v) is 5.08. The Labute approximate surface area is 96.8 Å². The summed E-state index contributed by atoms with van der Waals surface area (Å²) < 4.78 is 5.12. The third-order valence-corrected chi connectivity index (χ3v) is 3.23. The molecule has 0 saturated heterocycles. The van der Waals surface area contributed by atoms with Gasteiger partial charge >= 0.3 is 0 Å². The molecule has 1 aromatic rings. The van der Waals surface area contributed by atoms with Gasteiger partial charge in [0, 0.05) is 13.0 Å². The van der Waals surface area contributed by atoms with E-state index in [0.717, 1.165) is 18.7 Å². The Kier molecular flexibility index (Phi) is 3.28. The molecule has 16 heavy (non-hydrogen) atoms. The van der Waals surface area contributed by atoms with Gasteiger partial charge < -0.3 is 9.84 Å². The van der Waals surface area contributed by atoms with Crippen LogP contribution in [0.25, 0.3) is 0 Å². The van der Waals surface area contributed by atoms with Crippen LogP contribution in [0.15, 0.2) is 4.52 Å². The lowest BCUT2D eigenvalue weighted by molar-refractivity contribution is 0.198. The maximum Gasteiger partial charge on any atom is 0.223 e. The first-order valence-corrected chi connectivity index (χ1v) is 6.21. The Hall–Kier alpha value is -0.900. The predicted octanol–water partition coefficient (Wildman–Crippen LogP) is 2.54. The maximum absolute atomic E-state index is 5.12. The van der Waals surface area contributed by atoms with E-state index in [-0.39, 0.29) is 5.54 Å². The number of rotatable bonds is 3. The molecule has 1 fully saturated rings. The summed E-state index contributed by atoms with van der Waals surface area (Å²) >= 11 is 0. The number of aryl methyl sites for hydroxylation is 1. The molecule has 0 unspecified atom stereocenters. The van der Waals surface area contributed by atoms with Crippen molar-refractivity contribution in [3.63, 3.8) is 0 Å². The fourth-order valence-corrected chi connectivity index (χ4v) is 2.63. The van der Waals surface area contributed by atoms with Crippen LogP contribution >= 0.6 is 0 Å². The lowest BCUT2D eigenvalue weighted by Crippen LogP contribution is -2.48. The molecule has 4 heteroatoms. The molecule has 1 N–H and O–H groups in total. The standard InChI is InChI=1S/C12H21N3O/c1-9(2)14-12(7-5-4-6-8-12)11-13-10(3)16-15-11/h9,14H,4-8H2,1-3H3. The van der Waals surface area contributed by atoms with E-state index in [4.69, 9.17) is 4.52 Å². The Morgan fingerprint density at radius 1 is 1.25 bits per heavy atom. The summed E-state index contributed by atoms with van der Waals surface area (Å²) in [6.45, 7) is 6.19. The molecule has 1 aliphatic rings. The quantitative estimate of drug-likeness (QED) is 0.855. The highest BCUT2D eigenvalue weighted by atomic mass is 16.5. The van der Waals surface area contributed by atoms with Crippen LogP contribution in [0.4, 0.5) is 0 Å². The molecule has 0 atom stereocenters. The lowest BCUT2D eigenvalue weighted by Gasteiger charge is -2.37. The van der Waals surface area contributed by atoms with Gasteiger partial charge in [-0.15, -0.1) is 0 Å². The van der Waals surface area contributed by atoms with Gasteiger partial charge in [0.05, 0.1) is 5.54 Å². The first-order valence-electron chi connectivity index (χ1n) is 6.21. The minimum absolute atomic E-state index is 0.0514. The molecule has 0 bridgehead atoms. The van der Waals surface area contributed by atoms with Crippen LogP contribution in [-0.4, -0.2) is 16.2 Å². The topological polar surface area (TPSA) is 51.0 Å². The monoisotopic (exact) mass is 223 g/mol. The van der Waals surface area contributed by atoms with Crippen LogP contribution < -0.4 is 5.32 Å². The Balaban J connectivity index is 2.25. The average Bonchev–Trinajstić information content (AvgIpc) is 2.66. The Morgan fingerprint density at radius 3 is 2.44 bits per heavy atom. The van der Waals surface area contributed by atoms with E-state index in [1.54, 1.807) is 0 Å². The van der Waals surface area contributed by atoms with E-state index in [9.17, 15) is 0 Å². The van der Waals surface area contributed by atoms with Gasteiger partial charge in [0.1, 0.15) is 0 Å². The van der Waals surface area contributed by atoms with Crippen LogP contribution in [0.3, 0.4) is 0 Å². The van der Waals surface area contributed by atoms with Crippen molar-refractivity contribution in [1.29, 1.82) is 0 Å². The summed E-state index contributed by atoms with van der Waals surface area (Å²) in [5, 5.41) is 7.76. The molecule has 0 amide bonds. The zero-order valence-electron chi connectivity index (χ0n) is 10.4. The van der Waals surface area contributed by atoms with Gasteiger partial charge in [-0.25, -0.2) is 0 Å². The molecule has 0 aromatic carbocycles. The molecule has 1 heterocycles. The van der Waals surface area contributed by atoms with E-state index in [1.807, 2.05) is 6.92 Å². The predicted molar refractivity (Wildman–Crippen MR) is 62.1 cm³/mol. The SMILES string of the molecule is Cc1nc(C2(NC(C)C)CCCCC2)no1. The van der Waals surface area contributed by atoms with E-state index >= 15 is 0 Å². The minimum Gasteiger partial charge on any atom is -0.340 e. The Morgan fingerprint density at radius 2 is 1.94 bits per heavy atom. The summed E-state index contributed by atoms with van der Waals surface area (Å²) in [6.07, 6.45) is 6.04. The van der Waals surface area contributed by atoms with Gasteiger partial charge in [-0.1, -0.05) is 24.4 Å². The number of nitrogens with one attached hydrogen (secondary N) is 1. The van der Waals surface area contributed by atoms with Crippen LogP contribution in [0.1, 0.15) is 57.7 Å². The normalized spacial score (nSPS) is 20.2. The van der Waals surface area contributed by atoms with Gasteiger partial charge in [-0.2, -0.15) is 4.98 Å². The highest BCUT2D eigenvalue weighted by Crippen LogP contribution is 2.35. The van der Waals surface area contributed by atoms with Crippen molar-refractivity contribution in [1.82, 2.24) is 15.5 Å². The Bertz CT molecular complexity index is 340. The molecule has 0 radical (unpaired) electrons. The van der Waals surface area contributed by atoms with Crippen LogP contribution in [0.5, 0.6) is 0 Å². The van der Waals surface area contributed by atoms with Crippen molar-refractivity contribution in [3.05, 3.63) is 11.7 Å². The summed E-state index contributed by atoms with van der Waals surface area (Å²) in [5.41, 5.74) is -0.0514. The zero-order valence-corrected chi connectivity index (χ0v) is 10.4. The number of hydrogen-bond acceptors (Lipinski definition) is 4. The molecule has 1 aliphatic carbocycles. The molecule has 2 rings (SSSR count). The van der Waals surface area contributed by atoms with Crippen molar-refractivity contribution in [2.45, 2.75) is 64.5 Å². The molecule has 4 nitrogen and oxygen atoms in total. The maximum atomic E-state index is 5.12. The summed E-state index contributed by atoms with van der Waals surface area (Å²) in [7, 11) is 0. The number of aromatic nitrogens is 2. The smallest absolute Gasteiger partial charge is 0.223 e.